The molecule has 1 aromatic rings. The third kappa shape index (κ3) is 2.52. The van der Waals surface area contributed by atoms with Crippen LogP contribution in [0, 0.1) is 11.3 Å². The Morgan fingerprint density at radius 3 is 2.55 bits per heavy atom. The Hall–Kier alpha value is -1.39. The summed E-state index contributed by atoms with van der Waals surface area (Å²) in [6, 6.07) is 9.19. The normalized spacial score (nSPS) is 40.9. The molecule has 2 saturated carbocycles. The summed E-state index contributed by atoms with van der Waals surface area (Å²) in [6.07, 6.45) is 9.13. The number of hydrogen-bond acceptors (Lipinski definition) is 3. The third-order valence-corrected chi connectivity index (χ3v) is 11.3. The van der Waals surface area contributed by atoms with Crippen LogP contribution in [0.5, 0.6) is 0 Å². The molecule has 0 aromatic heterocycles. The maximum Gasteiger partial charge on any atom is 0.156 e. The number of halogens is 1. The van der Waals surface area contributed by atoms with E-state index in [-0.39, 0.29) is 15.3 Å². The second-order valence-electron chi connectivity index (χ2n) is 10.9. The lowest BCUT2D eigenvalue weighted by molar-refractivity contribution is -0.114. The summed E-state index contributed by atoms with van der Waals surface area (Å²) in [5.41, 5.74) is 7.17. The van der Waals surface area contributed by atoms with Gasteiger partial charge in [-0.3, -0.25) is 4.79 Å². The lowest BCUT2D eigenvalue weighted by atomic mass is 9.54. The molecule has 6 rings (SSSR count). The van der Waals surface area contributed by atoms with Crippen molar-refractivity contribution < 1.29 is 9.53 Å². The third-order valence-electron chi connectivity index (χ3n) is 9.33. The molecule has 3 fully saturated rings. The first kappa shape index (κ1) is 20.2. The molecular formula is C27H32BrNO2. The molecule has 0 spiro atoms. The monoisotopic (exact) mass is 481 g/mol. The Labute approximate surface area is 194 Å². The largest absolute Gasteiger partial charge is 0.378 e. The van der Waals surface area contributed by atoms with Gasteiger partial charge in [0.15, 0.2) is 5.78 Å². The molecule has 31 heavy (non-hydrogen) atoms. The van der Waals surface area contributed by atoms with Gasteiger partial charge in [0.05, 0.1) is 16.5 Å². The summed E-state index contributed by atoms with van der Waals surface area (Å²) in [5, 5.41) is 0. The molecule has 1 aromatic carbocycles. The fourth-order valence-electron chi connectivity index (χ4n) is 7.61. The number of alkyl halides is 1. The van der Waals surface area contributed by atoms with Gasteiger partial charge >= 0.3 is 0 Å². The highest BCUT2D eigenvalue weighted by atomic mass is 79.9. The Bertz CT molecular complexity index is 1010. The van der Waals surface area contributed by atoms with Gasteiger partial charge in [0, 0.05) is 43.5 Å². The van der Waals surface area contributed by atoms with Crippen molar-refractivity contribution >= 4 is 27.4 Å². The number of benzene rings is 1. The van der Waals surface area contributed by atoms with Crippen molar-refractivity contribution in [2.45, 2.75) is 67.7 Å². The van der Waals surface area contributed by atoms with Gasteiger partial charge in [-0.25, -0.2) is 0 Å². The molecule has 164 valence electrons. The van der Waals surface area contributed by atoms with Crippen molar-refractivity contribution in [2.75, 3.05) is 25.6 Å². The number of nitrogens with zero attached hydrogens (tertiary/aromatic N) is 1. The van der Waals surface area contributed by atoms with Gasteiger partial charge in [-0.15, -0.1) is 0 Å². The van der Waals surface area contributed by atoms with Crippen LogP contribution in [0.4, 0.5) is 5.69 Å². The lowest BCUT2D eigenvalue weighted by Crippen LogP contribution is -2.58. The number of ketones is 1. The van der Waals surface area contributed by atoms with E-state index in [0.29, 0.717) is 24.0 Å². The highest BCUT2D eigenvalue weighted by Crippen LogP contribution is 2.74. The van der Waals surface area contributed by atoms with Crippen LogP contribution in [0.15, 0.2) is 47.1 Å². The summed E-state index contributed by atoms with van der Waals surface area (Å²) in [7, 11) is 4.19. The summed E-state index contributed by atoms with van der Waals surface area (Å²) in [5.74, 6) is 1.14. The Morgan fingerprint density at radius 1 is 1.10 bits per heavy atom. The van der Waals surface area contributed by atoms with E-state index in [1.54, 1.807) is 5.57 Å². The van der Waals surface area contributed by atoms with Crippen LogP contribution in [0.2, 0.25) is 0 Å². The van der Waals surface area contributed by atoms with Crippen LogP contribution in [0.25, 0.3) is 0 Å². The molecular weight excluding hydrogens is 450 g/mol. The predicted octanol–water partition coefficient (Wildman–Crippen LogP) is 5.94. The van der Waals surface area contributed by atoms with Crippen molar-refractivity contribution in [3.05, 3.63) is 52.6 Å². The van der Waals surface area contributed by atoms with Crippen molar-refractivity contribution in [1.82, 2.24) is 0 Å². The maximum atomic E-state index is 12.2. The van der Waals surface area contributed by atoms with Crippen molar-refractivity contribution in [3.8, 4) is 0 Å². The van der Waals surface area contributed by atoms with E-state index in [1.165, 1.54) is 28.8 Å². The van der Waals surface area contributed by atoms with Gasteiger partial charge in [0.25, 0.3) is 0 Å². The number of anilines is 1. The second-order valence-corrected chi connectivity index (χ2v) is 12.3. The van der Waals surface area contributed by atoms with Crippen molar-refractivity contribution in [2.24, 2.45) is 11.3 Å². The molecule has 2 bridgehead atoms. The number of carbonyl (C=O) groups is 1. The standard InChI is InChI=1S/C27H32BrNO2/c1-25-12-13-26(31-16-25)23-11-6-18-14-20(30)9-10-21(18)24(23)22(15-27(25,26)28)17-4-7-19(8-5-17)29(2)3/h4-5,7-8,14,22-23H,6,9-13,15-16H2,1-3H3/t22-,23-,25-,26-,27+/m1/s1. The molecule has 1 aliphatic heterocycles. The van der Waals surface area contributed by atoms with Gasteiger partial charge in [-0.1, -0.05) is 40.6 Å². The van der Waals surface area contributed by atoms with Crippen LogP contribution in [-0.2, 0) is 9.53 Å². The van der Waals surface area contributed by atoms with Crippen molar-refractivity contribution in [1.29, 1.82) is 0 Å². The fourth-order valence-corrected chi connectivity index (χ4v) is 8.84. The van der Waals surface area contributed by atoms with Gasteiger partial charge in [0.2, 0.25) is 0 Å². The molecule has 5 atom stereocenters. The molecule has 5 aliphatic rings. The van der Waals surface area contributed by atoms with Crippen LogP contribution in [-0.4, -0.2) is 36.4 Å². The van der Waals surface area contributed by atoms with E-state index < -0.39 is 0 Å². The van der Waals surface area contributed by atoms with Crippen LogP contribution < -0.4 is 4.90 Å². The Morgan fingerprint density at radius 2 is 1.87 bits per heavy atom. The van der Waals surface area contributed by atoms with Gasteiger partial charge in [-0.05, 0) is 73.4 Å². The van der Waals surface area contributed by atoms with E-state index in [0.717, 1.165) is 38.7 Å². The van der Waals surface area contributed by atoms with Crippen molar-refractivity contribution in [3.63, 3.8) is 0 Å². The van der Waals surface area contributed by atoms with Crippen LogP contribution in [0.3, 0.4) is 0 Å². The summed E-state index contributed by atoms with van der Waals surface area (Å²) < 4.78 is 6.81. The van der Waals surface area contributed by atoms with E-state index in [9.17, 15) is 4.79 Å². The van der Waals surface area contributed by atoms with Gasteiger partial charge in [-0.2, -0.15) is 0 Å². The average molecular weight is 482 g/mol. The molecule has 3 nitrogen and oxygen atoms in total. The topological polar surface area (TPSA) is 29.5 Å². The molecule has 0 amide bonds. The molecule has 1 heterocycles. The van der Waals surface area contributed by atoms with E-state index >= 15 is 0 Å². The number of hydrogen-bond donors (Lipinski definition) is 0. The highest BCUT2D eigenvalue weighted by Gasteiger charge is 2.75. The van der Waals surface area contributed by atoms with Gasteiger partial charge in [0.1, 0.15) is 0 Å². The molecule has 1 saturated heterocycles. The molecule has 0 N–H and O–H groups in total. The van der Waals surface area contributed by atoms with E-state index in [4.69, 9.17) is 4.74 Å². The first-order chi connectivity index (χ1) is 14.8. The number of rotatable bonds is 2. The summed E-state index contributed by atoms with van der Waals surface area (Å²) >= 11 is 4.37. The maximum absolute atomic E-state index is 12.2. The highest BCUT2D eigenvalue weighted by molar-refractivity contribution is 9.10. The van der Waals surface area contributed by atoms with E-state index in [1.807, 2.05) is 6.08 Å². The quantitative estimate of drug-likeness (QED) is 0.489. The zero-order valence-electron chi connectivity index (χ0n) is 18.8. The van der Waals surface area contributed by atoms with Crippen LogP contribution >= 0.6 is 15.9 Å². The Balaban J connectivity index is 1.54. The average Bonchev–Trinajstić information content (AvgIpc) is 3.13. The minimum absolute atomic E-state index is 0.0261. The minimum atomic E-state index is -0.0862. The smallest absolute Gasteiger partial charge is 0.156 e. The molecule has 4 aliphatic carbocycles. The Kier molecular flexibility index (Phi) is 4.29. The summed E-state index contributed by atoms with van der Waals surface area (Å²) in [6.45, 7) is 3.30. The second kappa shape index (κ2) is 6.57. The first-order valence-electron chi connectivity index (χ1n) is 11.8. The first-order valence-corrected chi connectivity index (χ1v) is 12.6. The summed E-state index contributed by atoms with van der Waals surface area (Å²) in [4.78, 5) is 14.4. The number of carbonyl (C=O) groups excluding carboxylic acids is 1. The zero-order chi connectivity index (χ0) is 21.6. The molecule has 4 heteroatoms. The minimum Gasteiger partial charge on any atom is -0.378 e. The number of fused-ring (bicyclic) bond motifs is 2. The number of allylic oxidation sites excluding steroid dienone is 3. The molecule has 0 unspecified atom stereocenters. The van der Waals surface area contributed by atoms with Crippen LogP contribution in [0.1, 0.15) is 63.4 Å². The predicted molar refractivity (Wildman–Crippen MR) is 128 cm³/mol. The SMILES string of the molecule is CN(C)c1ccc([C@H]2C[C@]3(Br)[C@]4(C)CC[C@@]3(OC4)[C@@H]3CCC4=CC(=O)CCC4=C32)cc1. The lowest BCUT2D eigenvalue weighted by Gasteiger charge is -2.55. The fraction of sp³-hybridized carbons (Fsp3) is 0.593. The molecule has 0 radical (unpaired) electrons. The van der Waals surface area contributed by atoms with E-state index in [2.05, 4.69) is 66.1 Å². The number of ether oxygens (including phenoxy) is 1. The van der Waals surface area contributed by atoms with Gasteiger partial charge < -0.3 is 9.64 Å². The zero-order valence-corrected chi connectivity index (χ0v) is 20.4.